The van der Waals surface area contributed by atoms with Crippen LogP contribution in [0.15, 0.2) is 60.1 Å². The first kappa shape index (κ1) is 34.2. The van der Waals surface area contributed by atoms with E-state index in [4.69, 9.17) is 0 Å². The summed E-state index contributed by atoms with van der Waals surface area (Å²) in [6.07, 6.45) is -3.81. The molecule has 0 aromatic heterocycles. The Balaban J connectivity index is 1.52. The van der Waals surface area contributed by atoms with Crippen LogP contribution in [0.5, 0.6) is 0 Å². The first-order valence-electron chi connectivity index (χ1n) is 13.7. The van der Waals surface area contributed by atoms with Crippen LogP contribution in [-0.4, -0.2) is 6.17 Å². The third kappa shape index (κ3) is 7.92. The average molecular weight is 655 g/mol. The summed E-state index contributed by atoms with van der Waals surface area (Å²) < 4.78 is 161. The fourth-order valence-electron chi connectivity index (χ4n) is 4.41. The molecule has 0 fully saturated rings. The van der Waals surface area contributed by atoms with Crippen LogP contribution >= 0.6 is 0 Å². The Labute approximate surface area is 256 Å². The fourth-order valence-corrected chi connectivity index (χ4v) is 4.41. The van der Waals surface area contributed by atoms with Crippen LogP contribution in [0.2, 0.25) is 0 Å². The molecule has 0 radical (unpaired) electrons. The number of hydrogen-bond donors (Lipinski definition) is 0. The highest BCUT2D eigenvalue weighted by Gasteiger charge is 2.42. The topological polar surface area (TPSA) is 9.23 Å². The highest BCUT2D eigenvalue weighted by Crippen LogP contribution is 2.38. The Kier molecular flexibility index (Phi) is 10.5. The number of unbranched alkanes of at least 4 members (excludes halogenated alkanes) is 2. The smallest absolute Gasteiger partial charge is 0.429 e. The predicted molar refractivity (Wildman–Crippen MR) is 146 cm³/mol. The van der Waals surface area contributed by atoms with Gasteiger partial charge in [-0.2, -0.15) is 8.78 Å². The van der Waals surface area contributed by atoms with Crippen molar-refractivity contribution in [3.05, 3.63) is 129 Å². The minimum absolute atomic E-state index is 0.267. The highest BCUT2D eigenvalue weighted by atomic mass is 19.3. The monoisotopic (exact) mass is 654 g/mol. The van der Waals surface area contributed by atoms with Crippen molar-refractivity contribution in [1.29, 1.82) is 0 Å². The highest BCUT2D eigenvalue weighted by molar-refractivity contribution is 5.47. The number of rotatable bonds is 7. The van der Waals surface area contributed by atoms with Crippen molar-refractivity contribution < 1.29 is 53.0 Å². The standard InChI is InChI=1S/C34H21F11O/c1-2-3-4-5-18-10-24(35)22(25(36)11-18)8-6-19-12-28(39)32(29(40)13-19)34(44,45)46-21-16-26(37)23(27(38)17-21)9-7-20-14-30(41)33(43)31(42)15-20/h10-17,23,26H,2-5H2,1H3. The van der Waals surface area contributed by atoms with E-state index in [1.165, 1.54) is 0 Å². The maximum Gasteiger partial charge on any atom is 0.432 e. The summed E-state index contributed by atoms with van der Waals surface area (Å²) in [6.45, 7) is 1.96. The molecular formula is C34H21F11O. The van der Waals surface area contributed by atoms with Crippen LogP contribution in [0.25, 0.3) is 0 Å². The molecule has 240 valence electrons. The van der Waals surface area contributed by atoms with Gasteiger partial charge in [-0.05, 0) is 60.9 Å². The quantitative estimate of drug-likeness (QED) is 0.107. The van der Waals surface area contributed by atoms with Gasteiger partial charge in [-0.1, -0.05) is 43.4 Å². The Morgan fingerprint density at radius 3 is 1.85 bits per heavy atom. The second kappa shape index (κ2) is 14.2. The minimum atomic E-state index is -4.82. The van der Waals surface area contributed by atoms with Crippen LogP contribution in [0.4, 0.5) is 48.3 Å². The Morgan fingerprint density at radius 1 is 0.717 bits per heavy atom. The lowest BCUT2D eigenvalue weighted by Gasteiger charge is -2.23. The molecule has 12 heteroatoms. The zero-order valence-electron chi connectivity index (χ0n) is 23.7. The maximum atomic E-state index is 14.8. The number of halogens is 11. The minimum Gasteiger partial charge on any atom is -0.429 e. The van der Waals surface area contributed by atoms with Crippen LogP contribution in [-0.2, 0) is 17.3 Å². The molecule has 46 heavy (non-hydrogen) atoms. The molecule has 3 aromatic carbocycles. The summed E-state index contributed by atoms with van der Waals surface area (Å²) in [5, 5.41) is 0. The van der Waals surface area contributed by atoms with Gasteiger partial charge in [-0.25, -0.2) is 39.5 Å². The van der Waals surface area contributed by atoms with Gasteiger partial charge in [-0.15, -0.1) is 0 Å². The zero-order valence-corrected chi connectivity index (χ0v) is 23.7. The Morgan fingerprint density at radius 2 is 1.28 bits per heavy atom. The predicted octanol–water partition coefficient (Wildman–Crippen LogP) is 9.62. The molecule has 0 heterocycles. The molecule has 1 aliphatic rings. The Hall–Kier alpha value is -4.71. The number of alkyl halides is 3. The molecule has 0 saturated heterocycles. The molecule has 4 rings (SSSR count). The third-order valence-corrected chi connectivity index (χ3v) is 6.66. The summed E-state index contributed by atoms with van der Waals surface area (Å²) in [6, 6.07) is 3.80. The van der Waals surface area contributed by atoms with E-state index in [1.54, 1.807) is 0 Å². The molecule has 1 aliphatic carbocycles. The van der Waals surface area contributed by atoms with Crippen molar-refractivity contribution in [3.63, 3.8) is 0 Å². The van der Waals surface area contributed by atoms with Crippen LogP contribution in [0.1, 0.15) is 54.0 Å². The normalized spacial score (nSPS) is 16.1. The van der Waals surface area contributed by atoms with Crippen molar-refractivity contribution in [1.82, 2.24) is 0 Å². The molecular weight excluding hydrogens is 633 g/mol. The Bertz CT molecular complexity index is 1770. The summed E-state index contributed by atoms with van der Waals surface area (Å²) in [7, 11) is 0. The molecule has 3 aromatic rings. The van der Waals surface area contributed by atoms with Gasteiger partial charge in [0.05, 0.1) is 5.56 Å². The molecule has 2 atom stereocenters. The molecule has 1 nitrogen and oxygen atoms in total. The zero-order chi connectivity index (χ0) is 33.8. The van der Waals surface area contributed by atoms with E-state index in [1.807, 2.05) is 18.8 Å². The van der Waals surface area contributed by atoms with Crippen molar-refractivity contribution in [2.45, 2.75) is 44.9 Å². The van der Waals surface area contributed by atoms with Crippen molar-refractivity contribution in [2.75, 3.05) is 0 Å². The van der Waals surface area contributed by atoms with Gasteiger partial charge in [0.1, 0.15) is 52.5 Å². The molecule has 0 spiro atoms. The van der Waals surface area contributed by atoms with Gasteiger partial charge in [-0.3, -0.25) is 0 Å². The number of benzene rings is 3. The largest absolute Gasteiger partial charge is 0.432 e. The van der Waals surface area contributed by atoms with Crippen LogP contribution in [0.3, 0.4) is 0 Å². The summed E-state index contributed by atoms with van der Waals surface area (Å²) in [5.41, 5.74) is -3.29. The summed E-state index contributed by atoms with van der Waals surface area (Å²) in [4.78, 5) is 0. The van der Waals surface area contributed by atoms with E-state index in [2.05, 4.69) is 16.6 Å². The van der Waals surface area contributed by atoms with E-state index < -0.39 is 92.8 Å². The van der Waals surface area contributed by atoms with E-state index in [9.17, 15) is 48.3 Å². The molecule has 0 aliphatic heterocycles. The fraction of sp³-hybridized carbons (Fsp3) is 0.235. The molecule has 0 bridgehead atoms. The summed E-state index contributed by atoms with van der Waals surface area (Å²) >= 11 is 0. The number of allylic oxidation sites excluding steroid dienone is 3. The molecule has 0 amide bonds. The number of ether oxygens (including phenoxy) is 1. The lowest BCUT2D eigenvalue weighted by atomic mass is 9.96. The van der Waals surface area contributed by atoms with Gasteiger partial charge >= 0.3 is 6.11 Å². The van der Waals surface area contributed by atoms with E-state index in [0.717, 1.165) is 25.0 Å². The third-order valence-electron chi connectivity index (χ3n) is 6.66. The van der Waals surface area contributed by atoms with Gasteiger partial charge in [0.15, 0.2) is 17.5 Å². The molecule has 0 saturated carbocycles. The van der Waals surface area contributed by atoms with Gasteiger partial charge in [0, 0.05) is 17.2 Å². The second-order valence-corrected chi connectivity index (χ2v) is 10.1. The summed E-state index contributed by atoms with van der Waals surface area (Å²) in [5.74, 6) is -7.15. The molecule has 0 N–H and O–H groups in total. The van der Waals surface area contributed by atoms with Crippen LogP contribution < -0.4 is 0 Å². The first-order valence-corrected chi connectivity index (χ1v) is 13.7. The van der Waals surface area contributed by atoms with Gasteiger partial charge < -0.3 is 4.74 Å². The van der Waals surface area contributed by atoms with Gasteiger partial charge in [0.25, 0.3) is 0 Å². The lowest BCUT2D eigenvalue weighted by molar-refractivity contribution is -0.225. The van der Waals surface area contributed by atoms with E-state index >= 15 is 0 Å². The first-order chi connectivity index (χ1) is 21.7. The average Bonchev–Trinajstić information content (AvgIpc) is 2.94. The molecule has 2 unspecified atom stereocenters. The van der Waals surface area contributed by atoms with Crippen molar-refractivity contribution in [3.8, 4) is 23.7 Å². The van der Waals surface area contributed by atoms with Crippen LogP contribution in [0, 0.1) is 70.3 Å². The number of hydrogen-bond acceptors (Lipinski definition) is 1. The van der Waals surface area contributed by atoms with Crippen molar-refractivity contribution >= 4 is 0 Å². The lowest BCUT2D eigenvalue weighted by Crippen LogP contribution is -2.24. The maximum absolute atomic E-state index is 14.8. The van der Waals surface area contributed by atoms with E-state index in [-0.39, 0.29) is 6.08 Å². The van der Waals surface area contributed by atoms with Crippen molar-refractivity contribution in [2.24, 2.45) is 5.92 Å². The number of aryl methyl sites for hydroxylation is 1. The second-order valence-electron chi connectivity index (χ2n) is 10.1. The van der Waals surface area contributed by atoms with E-state index in [0.29, 0.717) is 48.7 Å². The SMILES string of the molecule is CCCCCc1cc(F)c(C#Cc2cc(F)c(C(F)(F)OC3=CC(F)C(C#Cc4cc(F)c(F)c(F)c4)C(F)=C3)c(F)c2)c(F)c1. The van der Waals surface area contributed by atoms with Gasteiger partial charge in [0.2, 0.25) is 0 Å².